The lowest BCUT2D eigenvalue weighted by Gasteiger charge is -2.37. The predicted molar refractivity (Wildman–Crippen MR) is 168 cm³/mol. The molecule has 0 bridgehead atoms. The number of nitrogens with zero attached hydrogens (tertiary/aromatic N) is 6. The summed E-state index contributed by atoms with van der Waals surface area (Å²) in [5.41, 5.74) is 19.2. The molecule has 0 radical (unpaired) electrons. The van der Waals surface area contributed by atoms with Gasteiger partial charge in [-0.25, -0.2) is 14.8 Å². The Hall–Kier alpha value is -4.30. The second kappa shape index (κ2) is 14.2. The number of carboxylic acid groups (broad SMARTS) is 1. The molecule has 7 N–H and O–H groups in total. The third-order valence-electron chi connectivity index (χ3n) is 7.27. The van der Waals surface area contributed by atoms with Gasteiger partial charge in [0.15, 0.2) is 5.96 Å². The second-order valence-electron chi connectivity index (χ2n) is 10.8. The Morgan fingerprint density at radius 3 is 2.56 bits per heavy atom. The highest BCUT2D eigenvalue weighted by molar-refractivity contribution is 7.09. The number of aromatic nitrogens is 3. The number of hydrogen-bond acceptors (Lipinski definition) is 9. The maximum atomic E-state index is 13.5. The number of guanidine groups is 1. The number of aliphatic imine (C=N–C) groups is 1. The first-order valence-corrected chi connectivity index (χ1v) is 15.2. The van der Waals surface area contributed by atoms with Gasteiger partial charge in [-0.1, -0.05) is 13.8 Å². The van der Waals surface area contributed by atoms with Crippen molar-refractivity contribution in [3.63, 3.8) is 0 Å². The van der Waals surface area contributed by atoms with E-state index in [0.717, 1.165) is 35.2 Å². The van der Waals surface area contributed by atoms with Crippen LogP contribution in [0.4, 0.5) is 5.82 Å². The van der Waals surface area contributed by atoms with E-state index in [1.807, 2.05) is 17.0 Å². The first kappa shape index (κ1) is 31.6. The fourth-order valence-corrected chi connectivity index (χ4v) is 5.81. The van der Waals surface area contributed by atoms with Gasteiger partial charge in [0.2, 0.25) is 5.91 Å². The lowest BCUT2D eigenvalue weighted by Crippen LogP contribution is -2.53. The number of aryl methyl sites for hydroxylation is 2. The highest BCUT2D eigenvalue weighted by Crippen LogP contribution is 2.22. The van der Waals surface area contributed by atoms with Crippen LogP contribution in [0, 0.1) is 0 Å². The molecule has 43 heavy (non-hydrogen) atoms. The number of rotatable bonds is 12. The summed E-state index contributed by atoms with van der Waals surface area (Å²) in [6.07, 6.45) is 6.44. The molecular formula is C29H39N9O4S. The molecule has 1 aliphatic rings. The van der Waals surface area contributed by atoms with Crippen LogP contribution in [0.25, 0.3) is 11.7 Å². The van der Waals surface area contributed by atoms with E-state index in [9.17, 15) is 19.5 Å². The fourth-order valence-electron chi connectivity index (χ4n) is 4.85. The number of fused-ring (bicyclic) bond motifs is 1. The zero-order valence-corrected chi connectivity index (χ0v) is 25.3. The normalized spacial score (nSPS) is 14.5. The van der Waals surface area contributed by atoms with E-state index < -0.39 is 12.0 Å². The molecule has 1 saturated heterocycles. The number of piperazine rings is 1. The fraction of sp³-hybridized carbons (Fsp3) is 0.448. The molecule has 0 aliphatic carbocycles. The van der Waals surface area contributed by atoms with Crippen molar-refractivity contribution >= 4 is 46.7 Å². The van der Waals surface area contributed by atoms with Crippen LogP contribution in [0.3, 0.4) is 0 Å². The summed E-state index contributed by atoms with van der Waals surface area (Å²) in [7, 11) is 0. The number of carboxylic acids is 1. The zero-order chi connectivity index (χ0) is 31.1. The predicted octanol–water partition coefficient (Wildman–Crippen LogP) is 1.19. The van der Waals surface area contributed by atoms with E-state index in [4.69, 9.17) is 27.2 Å². The van der Waals surface area contributed by atoms with Gasteiger partial charge in [0.05, 0.1) is 22.3 Å². The average Bonchev–Trinajstić information content (AvgIpc) is 3.46. The van der Waals surface area contributed by atoms with Crippen molar-refractivity contribution in [2.75, 3.05) is 37.6 Å². The standard InChI is InChI=1S/C29H39N9O4S/c1-18(2)22-17-43-24(34-22)7-5-19-9-11-38-23(16-19)35-26(20(27(38)41)6-8-25(39)40)36-12-14-37(15-13-36)28(42)21(30)4-3-10-33-29(31)32/h6,8-9,11,16-18,21H,3-5,7,10,12-15,30H2,1-2H3,(H,39,40)(H4,31,32,33)/t21-/m0/s1. The van der Waals surface area contributed by atoms with Gasteiger partial charge >= 0.3 is 5.97 Å². The van der Waals surface area contributed by atoms with Crippen LogP contribution in [0.15, 0.2) is 39.6 Å². The van der Waals surface area contributed by atoms with Gasteiger partial charge in [-0.3, -0.25) is 19.0 Å². The minimum absolute atomic E-state index is 0.00243. The summed E-state index contributed by atoms with van der Waals surface area (Å²) >= 11 is 1.65. The lowest BCUT2D eigenvalue weighted by atomic mass is 10.1. The number of pyridine rings is 1. The van der Waals surface area contributed by atoms with Crippen LogP contribution < -0.4 is 27.7 Å². The molecule has 3 aromatic rings. The Morgan fingerprint density at radius 1 is 1.16 bits per heavy atom. The number of nitrogens with two attached hydrogens (primary N) is 3. The molecular weight excluding hydrogens is 570 g/mol. The van der Waals surface area contributed by atoms with Gasteiger partial charge in [0.1, 0.15) is 11.5 Å². The Bertz CT molecular complexity index is 1570. The monoisotopic (exact) mass is 609 g/mol. The highest BCUT2D eigenvalue weighted by atomic mass is 32.1. The van der Waals surface area contributed by atoms with E-state index >= 15 is 0 Å². The summed E-state index contributed by atoms with van der Waals surface area (Å²) < 4.78 is 1.43. The summed E-state index contributed by atoms with van der Waals surface area (Å²) in [5, 5.41) is 12.4. The first-order chi connectivity index (χ1) is 20.5. The number of hydrogen-bond donors (Lipinski definition) is 4. The topological polar surface area (TPSA) is 199 Å². The van der Waals surface area contributed by atoms with Crippen LogP contribution >= 0.6 is 11.3 Å². The minimum Gasteiger partial charge on any atom is -0.478 e. The van der Waals surface area contributed by atoms with Gasteiger partial charge in [0, 0.05) is 56.8 Å². The maximum absolute atomic E-state index is 13.5. The molecule has 1 atom stereocenters. The van der Waals surface area contributed by atoms with Crippen molar-refractivity contribution in [1.82, 2.24) is 19.3 Å². The molecule has 1 aliphatic heterocycles. The average molecular weight is 610 g/mol. The van der Waals surface area contributed by atoms with Gasteiger partial charge in [-0.05, 0) is 49.0 Å². The molecule has 13 nitrogen and oxygen atoms in total. The second-order valence-corrected chi connectivity index (χ2v) is 11.7. The summed E-state index contributed by atoms with van der Waals surface area (Å²) in [6, 6.07) is 3.09. The van der Waals surface area contributed by atoms with Gasteiger partial charge in [0.25, 0.3) is 5.56 Å². The van der Waals surface area contributed by atoms with Crippen molar-refractivity contribution < 1.29 is 14.7 Å². The zero-order valence-electron chi connectivity index (χ0n) is 24.5. The van der Waals surface area contributed by atoms with Crippen LogP contribution in [0.5, 0.6) is 0 Å². The molecule has 230 valence electrons. The maximum Gasteiger partial charge on any atom is 0.328 e. The van der Waals surface area contributed by atoms with Crippen molar-refractivity contribution in [3.8, 4) is 0 Å². The molecule has 4 rings (SSSR count). The summed E-state index contributed by atoms with van der Waals surface area (Å²) in [4.78, 5) is 54.8. The van der Waals surface area contributed by atoms with Crippen LogP contribution in [-0.2, 0) is 22.4 Å². The number of thiazole rings is 1. The van der Waals surface area contributed by atoms with Crippen molar-refractivity contribution in [3.05, 3.63) is 62.0 Å². The van der Waals surface area contributed by atoms with E-state index in [0.29, 0.717) is 62.9 Å². The van der Waals surface area contributed by atoms with Crippen LogP contribution in [0.2, 0.25) is 0 Å². The number of anilines is 1. The van der Waals surface area contributed by atoms with E-state index in [1.54, 1.807) is 22.4 Å². The molecule has 4 heterocycles. The Balaban J connectivity index is 1.52. The van der Waals surface area contributed by atoms with Crippen LogP contribution in [-0.4, -0.2) is 81.0 Å². The Labute approximate surface area is 253 Å². The molecule has 0 aromatic carbocycles. The van der Waals surface area contributed by atoms with Crippen molar-refractivity contribution in [2.45, 2.75) is 51.5 Å². The molecule has 0 unspecified atom stereocenters. The molecule has 0 spiro atoms. The molecule has 3 aromatic heterocycles. The minimum atomic E-state index is -1.17. The third kappa shape index (κ3) is 8.17. The number of amides is 1. The molecule has 0 saturated carbocycles. The van der Waals surface area contributed by atoms with Gasteiger partial charge in [-0.15, -0.1) is 11.3 Å². The highest BCUT2D eigenvalue weighted by Gasteiger charge is 2.27. The smallest absolute Gasteiger partial charge is 0.328 e. The first-order valence-electron chi connectivity index (χ1n) is 14.3. The van der Waals surface area contributed by atoms with Crippen molar-refractivity contribution in [2.24, 2.45) is 22.2 Å². The largest absolute Gasteiger partial charge is 0.478 e. The molecule has 1 amide bonds. The third-order valence-corrected chi connectivity index (χ3v) is 8.19. The van der Waals surface area contributed by atoms with E-state index in [1.165, 1.54) is 10.5 Å². The SMILES string of the molecule is CC(C)c1csc(CCc2ccn3c(=O)c(C=CC(=O)O)c(N4CCN(C(=O)[C@@H](N)CCCN=C(N)N)CC4)nc3c2)n1. The van der Waals surface area contributed by atoms with Crippen LogP contribution in [0.1, 0.15) is 54.4 Å². The van der Waals surface area contributed by atoms with E-state index in [-0.39, 0.29) is 23.0 Å². The number of carbonyl (C=O) groups is 2. The Morgan fingerprint density at radius 2 is 1.91 bits per heavy atom. The molecule has 1 fully saturated rings. The quantitative estimate of drug-likeness (QED) is 0.100. The van der Waals surface area contributed by atoms with Gasteiger partial charge < -0.3 is 32.1 Å². The summed E-state index contributed by atoms with van der Waals surface area (Å²) in [6.45, 7) is 6.23. The number of aliphatic carboxylic acids is 1. The van der Waals surface area contributed by atoms with E-state index in [2.05, 4.69) is 24.2 Å². The number of carbonyl (C=O) groups excluding carboxylic acids is 1. The lowest BCUT2D eigenvalue weighted by molar-refractivity contribution is -0.133. The van der Waals surface area contributed by atoms with Crippen molar-refractivity contribution in [1.29, 1.82) is 0 Å². The molecule has 14 heteroatoms. The summed E-state index contributed by atoms with van der Waals surface area (Å²) in [5.74, 6) is -0.564. The Kier molecular flexibility index (Phi) is 10.5. The van der Waals surface area contributed by atoms with Gasteiger partial charge in [-0.2, -0.15) is 0 Å².